The lowest BCUT2D eigenvalue weighted by atomic mass is 10.2. The van der Waals surface area contributed by atoms with E-state index in [9.17, 15) is 0 Å². The van der Waals surface area contributed by atoms with Crippen molar-refractivity contribution in [1.29, 1.82) is 0 Å². The second-order valence-electron chi connectivity index (χ2n) is 2.50. The van der Waals surface area contributed by atoms with Crippen molar-refractivity contribution in [3.8, 4) is 0 Å². The van der Waals surface area contributed by atoms with Gasteiger partial charge in [-0.3, -0.25) is 0 Å². The highest BCUT2D eigenvalue weighted by atomic mass is 17.2. The van der Waals surface area contributed by atoms with E-state index in [0.717, 1.165) is 0 Å². The third kappa shape index (κ3) is 4.45. The summed E-state index contributed by atoms with van der Waals surface area (Å²) < 4.78 is 0. The van der Waals surface area contributed by atoms with Crippen LogP contribution in [0.4, 0.5) is 0 Å². The van der Waals surface area contributed by atoms with Crippen LogP contribution in [0.1, 0.15) is 12.5 Å². The summed E-state index contributed by atoms with van der Waals surface area (Å²) in [5.74, 6) is 0. The maximum atomic E-state index is 4.82. The molecule has 70 valence electrons. The first-order valence-corrected chi connectivity index (χ1v) is 4.39. The molecule has 0 saturated heterocycles. The van der Waals surface area contributed by atoms with Gasteiger partial charge in [-0.2, -0.15) is 0 Å². The number of hydrogen-bond acceptors (Lipinski definition) is 2. The summed E-state index contributed by atoms with van der Waals surface area (Å²) in [6, 6.07) is 10.1. The lowest BCUT2D eigenvalue weighted by Gasteiger charge is -1.95. The van der Waals surface area contributed by atoms with Gasteiger partial charge in [-0.15, -0.1) is 0 Å². The van der Waals surface area contributed by atoms with Crippen LogP contribution in [0.15, 0.2) is 36.4 Å². The molecule has 0 fully saturated rings. The Morgan fingerprint density at radius 2 is 1.92 bits per heavy atom. The molecule has 0 aliphatic carbocycles. The van der Waals surface area contributed by atoms with Gasteiger partial charge in [-0.25, -0.2) is 9.78 Å². The summed E-state index contributed by atoms with van der Waals surface area (Å²) in [6.45, 7) is 2.96. The predicted octanol–water partition coefficient (Wildman–Crippen LogP) is 2.67. The second-order valence-corrected chi connectivity index (χ2v) is 2.50. The van der Waals surface area contributed by atoms with E-state index in [2.05, 4.69) is 0 Å². The summed E-state index contributed by atoms with van der Waals surface area (Å²) in [6.07, 6.45) is 3.92. The summed E-state index contributed by atoms with van der Waals surface area (Å²) in [7, 11) is 0. The second kappa shape index (κ2) is 6.40. The van der Waals surface area contributed by atoms with E-state index in [1.165, 1.54) is 5.56 Å². The van der Waals surface area contributed by atoms with Gasteiger partial charge in [-0.1, -0.05) is 42.5 Å². The van der Waals surface area contributed by atoms with Crippen molar-refractivity contribution in [2.24, 2.45) is 0 Å². The molecule has 0 saturated carbocycles. The summed E-state index contributed by atoms with van der Waals surface area (Å²) in [5, 5.41) is 0. The van der Waals surface area contributed by atoms with Crippen LogP contribution in [0.25, 0.3) is 6.08 Å². The van der Waals surface area contributed by atoms with Crippen LogP contribution in [0.2, 0.25) is 0 Å². The van der Waals surface area contributed by atoms with Gasteiger partial charge >= 0.3 is 0 Å². The van der Waals surface area contributed by atoms with Gasteiger partial charge in [-0.05, 0) is 12.5 Å². The maximum Gasteiger partial charge on any atom is 0.101 e. The van der Waals surface area contributed by atoms with Crippen LogP contribution >= 0.6 is 0 Å². The molecule has 0 aromatic heterocycles. The van der Waals surface area contributed by atoms with Crippen molar-refractivity contribution in [2.45, 2.75) is 6.92 Å². The molecule has 1 rings (SSSR count). The van der Waals surface area contributed by atoms with Crippen molar-refractivity contribution in [2.75, 3.05) is 13.2 Å². The molecule has 0 radical (unpaired) electrons. The molecule has 0 heterocycles. The van der Waals surface area contributed by atoms with Gasteiger partial charge in [0.2, 0.25) is 0 Å². The van der Waals surface area contributed by atoms with E-state index in [-0.39, 0.29) is 0 Å². The summed E-state index contributed by atoms with van der Waals surface area (Å²) in [5.41, 5.74) is 1.17. The minimum Gasteiger partial charge on any atom is -0.237 e. The smallest absolute Gasteiger partial charge is 0.101 e. The van der Waals surface area contributed by atoms with Crippen LogP contribution in [-0.4, -0.2) is 13.2 Å². The molecule has 0 bridgehead atoms. The quantitative estimate of drug-likeness (QED) is 0.392. The molecule has 1 aromatic carbocycles. The van der Waals surface area contributed by atoms with Gasteiger partial charge in [0.05, 0.1) is 6.61 Å². The zero-order valence-electron chi connectivity index (χ0n) is 7.77. The van der Waals surface area contributed by atoms with Crippen molar-refractivity contribution in [3.05, 3.63) is 42.0 Å². The largest absolute Gasteiger partial charge is 0.237 e. The zero-order chi connectivity index (χ0) is 9.36. The minimum atomic E-state index is 0.489. The molecule has 0 spiro atoms. The molecule has 2 nitrogen and oxygen atoms in total. The Labute approximate surface area is 78.7 Å². The molecule has 13 heavy (non-hydrogen) atoms. The van der Waals surface area contributed by atoms with Gasteiger partial charge < -0.3 is 0 Å². The first-order chi connectivity index (χ1) is 6.43. The molecule has 0 amide bonds. The Morgan fingerprint density at radius 1 is 1.15 bits per heavy atom. The lowest BCUT2D eigenvalue weighted by molar-refractivity contribution is -0.282. The molecule has 0 aliphatic heterocycles. The van der Waals surface area contributed by atoms with Crippen molar-refractivity contribution >= 4 is 6.08 Å². The summed E-state index contributed by atoms with van der Waals surface area (Å²) in [4.78, 5) is 9.54. The third-order valence-electron chi connectivity index (χ3n) is 1.48. The standard InChI is InChI=1S/C11H14O2/c1-2-12-13-10-6-9-11-7-4-3-5-8-11/h3-9H,2,10H2,1H3/b9-6-. The topological polar surface area (TPSA) is 18.5 Å². The first-order valence-electron chi connectivity index (χ1n) is 4.39. The Bertz CT molecular complexity index is 242. The Morgan fingerprint density at radius 3 is 2.62 bits per heavy atom. The molecule has 0 N–H and O–H groups in total. The highest BCUT2D eigenvalue weighted by Crippen LogP contribution is 2.00. The van der Waals surface area contributed by atoms with Crippen LogP contribution in [-0.2, 0) is 9.78 Å². The molecule has 0 aliphatic rings. The Kier molecular flexibility index (Phi) is 4.91. The fraction of sp³-hybridized carbons (Fsp3) is 0.273. The number of hydrogen-bond donors (Lipinski definition) is 0. The predicted molar refractivity (Wildman–Crippen MR) is 53.1 cm³/mol. The molecule has 2 heteroatoms. The average molecular weight is 178 g/mol. The van der Waals surface area contributed by atoms with E-state index in [0.29, 0.717) is 13.2 Å². The van der Waals surface area contributed by atoms with Crippen molar-refractivity contribution < 1.29 is 9.78 Å². The molecule has 1 aromatic rings. The average Bonchev–Trinajstić information content (AvgIpc) is 2.19. The zero-order valence-corrected chi connectivity index (χ0v) is 7.77. The molecule has 0 atom stereocenters. The summed E-state index contributed by atoms with van der Waals surface area (Å²) >= 11 is 0. The van der Waals surface area contributed by atoms with Crippen LogP contribution < -0.4 is 0 Å². The highest BCUT2D eigenvalue weighted by molar-refractivity contribution is 5.48. The first kappa shape index (κ1) is 9.96. The van der Waals surface area contributed by atoms with Crippen LogP contribution in [0.3, 0.4) is 0 Å². The molecule has 0 unspecified atom stereocenters. The normalized spacial score (nSPS) is 10.8. The maximum absolute atomic E-state index is 4.82. The van der Waals surface area contributed by atoms with E-state index < -0.39 is 0 Å². The van der Waals surface area contributed by atoms with Gasteiger partial charge in [0.1, 0.15) is 6.61 Å². The van der Waals surface area contributed by atoms with Crippen molar-refractivity contribution in [1.82, 2.24) is 0 Å². The van der Waals surface area contributed by atoms with Gasteiger partial charge in [0.25, 0.3) is 0 Å². The Balaban J connectivity index is 2.25. The molecular formula is C11H14O2. The van der Waals surface area contributed by atoms with Crippen LogP contribution in [0, 0.1) is 0 Å². The lowest BCUT2D eigenvalue weighted by Crippen LogP contribution is -1.92. The Hall–Kier alpha value is -1.12. The SMILES string of the molecule is CCOOC/C=C\c1ccccc1. The van der Waals surface area contributed by atoms with Crippen molar-refractivity contribution in [3.63, 3.8) is 0 Å². The number of benzene rings is 1. The van der Waals surface area contributed by atoms with E-state index >= 15 is 0 Å². The third-order valence-corrected chi connectivity index (χ3v) is 1.48. The van der Waals surface area contributed by atoms with Gasteiger partial charge in [0.15, 0.2) is 0 Å². The van der Waals surface area contributed by atoms with E-state index in [4.69, 9.17) is 9.78 Å². The highest BCUT2D eigenvalue weighted by Gasteiger charge is 1.83. The van der Waals surface area contributed by atoms with E-state index in [1.54, 1.807) is 0 Å². The molecular weight excluding hydrogens is 164 g/mol. The minimum absolute atomic E-state index is 0.489. The monoisotopic (exact) mass is 178 g/mol. The fourth-order valence-electron chi connectivity index (χ4n) is 0.919. The van der Waals surface area contributed by atoms with E-state index in [1.807, 2.05) is 49.4 Å². The van der Waals surface area contributed by atoms with Crippen LogP contribution in [0.5, 0.6) is 0 Å². The number of rotatable bonds is 5. The van der Waals surface area contributed by atoms with Gasteiger partial charge in [0, 0.05) is 0 Å². The fourth-order valence-corrected chi connectivity index (χ4v) is 0.919.